The van der Waals surface area contributed by atoms with Crippen LogP contribution in [0.5, 0.6) is 0 Å². The molecule has 0 saturated carbocycles. The number of hydrogen-bond donors (Lipinski definition) is 1. The Morgan fingerprint density at radius 2 is 1.79 bits per heavy atom. The maximum atomic E-state index is 12.2. The molecule has 0 N–H and O–H groups in total. The number of benzene rings is 2. The number of thiol groups is 1. The first-order chi connectivity index (χ1) is 11.8. The molecule has 0 bridgehead atoms. The van der Waals surface area contributed by atoms with Crippen molar-refractivity contribution in [2.24, 2.45) is 0 Å². The fraction of sp³-hybridized carbons (Fsp3) is 0.421. The Hall–Kier alpha value is -1.17. The summed E-state index contributed by atoms with van der Waals surface area (Å²) in [5.41, 5.74) is 1.37. The van der Waals surface area contributed by atoms with Crippen LogP contribution in [0.25, 0.3) is 10.8 Å². The SMILES string of the molecule is O=C(CCCSS)N1CCN(Cc2cccc3ccccc23)CC1. The Labute approximate surface area is 153 Å². The first kappa shape index (κ1) is 17.6. The highest BCUT2D eigenvalue weighted by atomic mass is 33.1. The number of carbonyl (C=O) groups excluding carboxylic acids is 1. The van der Waals surface area contributed by atoms with Crippen molar-refractivity contribution in [2.45, 2.75) is 19.4 Å². The van der Waals surface area contributed by atoms with Crippen LogP contribution in [0.3, 0.4) is 0 Å². The van der Waals surface area contributed by atoms with Crippen LogP contribution < -0.4 is 0 Å². The third kappa shape index (κ3) is 4.47. The van der Waals surface area contributed by atoms with Crippen LogP contribution in [-0.2, 0) is 11.3 Å². The molecule has 0 spiro atoms. The average Bonchev–Trinajstić information content (AvgIpc) is 2.63. The number of fused-ring (bicyclic) bond motifs is 1. The predicted molar refractivity (Wildman–Crippen MR) is 106 cm³/mol. The molecule has 0 atom stereocenters. The Morgan fingerprint density at radius 1 is 1.04 bits per heavy atom. The molecule has 0 radical (unpaired) electrons. The Morgan fingerprint density at radius 3 is 2.58 bits per heavy atom. The van der Waals surface area contributed by atoms with Crippen molar-refractivity contribution in [3.63, 3.8) is 0 Å². The number of hydrogen-bond acceptors (Lipinski definition) is 4. The van der Waals surface area contributed by atoms with Crippen LogP contribution >= 0.6 is 22.5 Å². The lowest BCUT2D eigenvalue weighted by Crippen LogP contribution is -2.48. The molecule has 1 heterocycles. The zero-order valence-corrected chi connectivity index (χ0v) is 15.6. The normalized spacial score (nSPS) is 15.8. The predicted octanol–water partition coefficient (Wildman–Crippen LogP) is 3.84. The molecule has 1 aliphatic rings. The summed E-state index contributed by atoms with van der Waals surface area (Å²) in [5.74, 6) is 1.23. The van der Waals surface area contributed by atoms with Gasteiger partial charge >= 0.3 is 0 Å². The Kier molecular flexibility index (Phi) is 6.46. The first-order valence-electron chi connectivity index (χ1n) is 8.51. The molecule has 2 aromatic rings. The largest absolute Gasteiger partial charge is 0.340 e. The van der Waals surface area contributed by atoms with Gasteiger partial charge in [0.05, 0.1) is 0 Å². The van der Waals surface area contributed by atoms with Gasteiger partial charge in [-0.1, -0.05) is 53.3 Å². The van der Waals surface area contributed by atoms with Gasteiger partial charge in [-0.15, -0.1) is 11.7 Å². The topological polar surface area (TPSA) is 23.6 Å². The summed E-state index contributed by atoms with van der Waals surface area (Å²) in [5, 5.41) is 2.63. The van der Waals surface area contributed by atoms with Gasteiger partial charge in [0.2, 0.25) is 5.91 Å². The molecule has 1 amide bonds. The van der Waals surface area contributed by atoms with Gasteiger partial charge in [0, 0.05) is 44.9 Å². The van der Waals surface area contributed by atoms with Crippen molar-refractivity contribution < 1.29 is 4.79 Å². The molecule has 1 fully saturated rings. The van der Waals surface area contributed by atoms with E-state index in [2.05, 4.69) is 59.0 Å². The first-order valence-corrected chi connectivity index (χ1v) is 10.5. The van der Waals surface area contributed by atoms with Gasteiger partial charge in [0.25, 0.3) is 0 Å². The summed E-state index contributed by atoms with van der Waals surface area (Å²) in [6, 6.07) is 15.1. The fourth-order valence-electron chi connectivity index (χ4n) is 3.27. The van der Waals surface area contributed by atoms with Crippen LogP contribution in [0, 0.1) is 0 Å². The average molecular weight is 361 g/mol. The minimum atomic E-state index is 0.294. The van der Waals surface area contributed by atoms with Crippen LogP contribution in [-0.4, -0.2) is 47.6 Å². The van der Waals surface area contributed by atoms with Crippen LogP contribution in [0.2, 0.25) is 0 Å². The standard InChI is InChI=1S/C19H24N2OS2/c22-19(9-4-14-24-23)21-12-10-20(11-13-21)15-17-7-3-6-16-5-1-2-8-18(16)17/h1-3,5-8,23H,4,9-15H2. The number of amides is 1. The molecule has 5 heteroatoms. The molecular formula is C19H24N2OS2. The Balaban J connectivity index is 1.54. The van der Waals surface area contributed by atoms with E-state index in [-0.39, 0.29) is 0 Å². The van der Waals surface area contributed by atoms with Crippen molar-refractivity contribution in [3.8, 4) is 0 Å². The minimum Gasteiger partial charge on any atom is -0.340 e. The van der Waals surface area contributed by atoms with E-state index >= 15 is 0 Å². The van der Waals surface area contributed by atoms with Crippen molar-refractivity contribution in [3.05, 3.63) is 48.0 Å². The lowest BCUT2D eigenvalue weighted by Gasteiger charge is -2.35. The van der Waals surface area contributed by atoms with E-state index in [1.807, 2.05) is 4.90 Å². The number of carbonyl (C=O) groups is 1. The highest BCUT2D eigenvalue weighted by Gasteiger charge is 2.21. The smallest absolute Gasteiger partial charge is 0.222 e. The van der Waals surface area contributed by atoms with E-state index in [4.69, 9.17) is 0 Å². The second kappa shape index (κ2) is 8.79. The zero-order chi connectivity index (χ0) is 16.8. The number of piperazine rings is 1. The second-order valence-corrected chi connectivity index (χ2v) is 7.67. The minimum absolute atomic E-state index is 0.294. The van der Waals surface area contributed by atoms with E-state index in [1.54, 1.807) is 0 Å². The highest BCUT2D eigenvalue weighted by Crippen LogP contribution is 2.20. The van der Waals surface area contributed by atoms with E-state index in [9.17, 15) is 4.79 Å². The maximum absolute atomic E-state index is 12.2. The van der Waals surface area contributed by atoms with Gasteiger partial charge in [0.15, 0.2) is 0 Å². The summed E-state index contributed by atoms with van der Waals surface area (Å²) in [6.45, 7) is 4.56. The summed E-state index contributed by atoms with van der Waals surface area (Å²) >= 11 is 4.12. The van der Waals surface area contributed by atoms with Gasteiger partial charge in [-0.2, -0.15) is 0 Å². The van der Waals surface area contributed by atoms with E-state index in [1.165, 1.54) is 27.1 Å². The number of nitrogens with zero attached hydrogens (tertiary/aromatic N) is 2. The molecule has 24 heavy (non-hydrogen) atoms. The quantitative estimate of drug-likeness (QED) is 0.481. The summed E-state index contributed by atoms with van der Waals surface area (Å²) in [4.78, 5) is 16.7. The highest BCUT2D eigenvalue weighted by molar-refractivity contribution is 8.68. The van der Waals surface area contributed by atoms with Crippen LogP contribution in [0.4, 0.5) is 0 Å². The summed E-state index contributed by atoms with van der Waals surface area (Å²) in [7, 11) is 1.51. The molecule has 0 aliphatic carbocycles. The summed E-state index contributed by atoms with van der Waals surface area (Å²) < 4.78 is 0. The maximum Gasteiger partial charge on any atom is 0.222 e. The molecule has 128 valence electrons. The molecular weight excluding hydrogens is 336 g/mol. The lowest BCUT2D eigenvalue weighted by molar-refractivity contribution is -0.133. The third-order valence-corrected chi connectivity index (χ3v) is 5.64. The molecule has 0 aromatic heterocycles. The molecule has 3 rings (SSSR count). The van der Waals surface area contributed by atoms with Gasteiger partial charge in [0.1, 0.15) is 0 Å². The van der Waals surface area contributed by atoms with Gasteiger partial charge in [-0.25, -0.2) is 0 Å². The van der Waals surface area contributed by atoms with Gasteiger partial charge in [-0.05, 0) is 22.8 Å². The Bertz CT molecular complexity index is 679. The van der Waals surface area contributed by atoms with Gasteiger partial charge < -0.3 is 4.90 Å². The molecule has 0 unspecified atom stereocenters. The van der Waals surface area contributed by atoms with E-state index < -0.39 is 0 Å². The van der Waals surface area contributed by atoms with Gasteiger partial charge in [-0.3, -0.25) is 9.69 Å². The lowest BCUT2D eigenvalue weighted by atomic mass is 10.0. The zero-order valence-electron chi connectivity index (χ0n) is 13.9. The summed E-state index contributed by atoms with van der Waals surface area (Å²) in [6.07, 6.45) is 1.57. The van der Waals surface area contributed by atoms with E-state index in [0.717, 1.165) is 44.9 Å². The fourth-order valence-corrected chi connectivity index (χ4v) is 3.93. The second-order valence-electron chi connectivity index (χ2n) is 6.23. The third-order valence-electron chi connectivity index (χ3n) is 4.63. The molecule has 2 aromatic carbocycles. The van der Waals surface area contributed by atoms with Crippen molar-refractivity contribution in [1.29, 1.82) is 0 Å². The van der Waals surface area contributed by atoms with Crippen molar-refractivity contribution in [1.82, 2.24) is 9.80 Å². The van der Waals surface area contributed by atoms with E-state index in [0.29, 0.717) is 12.3 Å². The number of rotatable bonds is 6. The molecule has 1 saturated heterocycles. The van der Waals surface area contributed by atoms with Crippen LogP contribution in [0.15, 0.2) is 42.5 Å². The molecule has 3 nitrogen and oxygen atoms in total. The van der Waals surface area contributed by atoms with Crippen molar-refractivity contribution in [2.75, 3.05) is 31.9 Å². The monoisotopic (exact) mass is 360 g/mol. The molecule has 1 aliphatic heterocycles. The van der Waals surface area contributed by atoms with Crippen LogP contribution in [0.1, 0.15) is 18.4 Å². The van der Waals surface area contributed by atoms with Crippen molar-refractivity contribution >= 4 is 39.1 Å².